The van der Waals surface area contributed by atoms with Crippen molar-refractivity contribution < 1.29 is 71.5 Å². The first-order valence-corrected chi connectivity index (χ1v) is 27.2. The standard InChI is InChI=1S/4C8H11.2C2H6Si.2ClH.2Zr/c4*1-7(2)8-5-3-4-6-8;2*1-3-2;;;;/h4*3,5,7H,4H2,1-2H3;2*1-2H3;2*1H;;/q4*-1;;;;;2*+2/p-2. The molecule has 6 heteroatoms. The van der Waals surface area contributed by atoms with Crippen LogP contribution in [-0.4, -0.2) is 10.9 Å². The van der Waals surface area contributed by atoms with Crippen LogP contribution < -0.4 is 24.8 Å². The normalized spacial score (nSPS) is 14.8. The van der Waals surface area contributed by atoms with Crippen LogP contribution in [0.25, 0.3) is 0 Å². The van der Waals surface area contributed by atoms with Gasteiger partial charge in [0.1, 0.15) is 0 Å². The Morgan fingerprint density at radius 2 is 0.595 bits per heavy atom. The van der Waals surface area contributed by atoms with Crippen LogP contribution in [0, 0.1) is 48.0 Å². The minimum Gasteiger partial charge on any atom is -1.00 e. The Kier molecular flexibility index (Phi) is 37.4. The summed E-state index contributed by atoms with van der Waals surface area (Å²) >= 11 is 3.48. The topological polar surface area (TPSA) is 0 Å². The van der Waals surface area contributed by atoms with E-state index in [2.05, 4.69) is 154 Å². The predicted molar refractivity (Wildman–Crippen MR) is 176 cm³/mol. The van der Waals surface area contributed by atoms with Crippen LogP contribution in [0.2, 0.25) is 26.2 Å². The molecule has 232 valence electrons. The predicted octanol–water partition coefficient (Wildman–Crippen LogP) is 4.90. The van der Waals surface area contributed by atoms with Gasteiger partial charge >= 0.3 is 83.7 Å². The van der Waals surface area contributed by atoms with Crippen LogP contribution in [0.1, 0.15) is 81.1 Å². The van der Waals surface area contributed by atoms with E-state index in [1.54, 1.807) is 46.7 Å². The van der Waals surface area contributed by atoms with Gasteiger partial charge in [-0.2, -0.15) is 24.3 Å². The van der Waals surface area contributed by atoms with Gasteiger partial charge in [-0.1, -0.05) is 79.1 Å². The van der Waals surface area contributed by atoms with Crippen molar-refractivity contribution >= 4 is 10.9 Å². The third kappa shape index (κ3) is 32.1. The largest absolute Gasteiger partial charge is 1.00 e. The molecule has 0 aromatic rings. The number of hydrogen-bond donors (Lipinski definition) is 0. The van der Waals surface area contributed by atoms with E-state index in [1.165, 1.54) is 22.3 Å². The molecule has 4 aliphatic carbocycles. The van der Waals surface area contributed by atoms with Gasteiger partial charge in [-0.05, 0) is 0 Å². The second-order valence-corrected chi connectivity index (χ2v) is 30.3. The zero-order chi connectivity index (χ0) is 31.1. The Labute approximate surface area is 305 Å². The SMILES string of the molecule is CC(C)C1=[C-]CC=C1.CC(C)C1=[C-]CC=C1.CC(C)C1=[C-]CC=C1.CC(C)C1=[C-]CC=C1.C[Si](C)=[Zr+2].C[Si](C)=[Zr+2].[Cl-].[Cl-]. The van der Waals surface area contributed by atoms with Gasteiger partial charge in [-0.15, -0.1) is 25.7 Å². The molecule has 0 nitrogen and oxygen atoms in total. The molecule has 0 spiro atoms. The van der Waals surface area contributed by atoms with Crippen molar-refractivity contribution in [2.75, 3.05) is 0 Å². The zero-order valence-electron chi connectivity index (χ0n) is 28.5. The van der Waals surface area contributed by atoms with Crippen molar-refractivity contribution in [3.05, 3.63) is 95.2 Å². The summed E-state index contributed by atoms with van der Waals surface area (Å²) in [5.74, 6) is 2.64. The smallest absolute Gasteiger partial charge is 1.00 e. The van der Waals surface area contributed by atoms with Crippen LogP contribution in [-0.2, 0) is 46.7 Å². The number of rotatable bonds is 4. The molecule has 0 bridgehead atoms. The Bertz CT molecular complexity index is 834. The fraction of sp³-hybridized carbons (Fsp3) is 0.556. The Hall–Kier alpha value is 0.700. The molecule has 4 aliphatic rings. The molecule has 0 amide bonds. The molecule has 0 fully saturated rings. The molecule has 0 heterocycles. The van der Waals surface area contributed by atoms with E-state index in [9.17, 15) is 0 Å². The third-order valence-corrected chi connectivity index (χ3v) is 5.37. The monoisotopic (exact) mass is 794 g/mol. The number of hydrogen-bond acceptors (Lipinski definition) is 0. The van der Waals surface area contributed by atoms with E-state index < -0.39 is 0 Å². The van der Waals surface area contributed by atoms with Crippen LogP contribution in [0.4, 0.5) is 0 Å². The number of halogens is 2. The molecular formula is C36H56Cl2Si2Zr2-2. The van der Waals surface area contributed by atoms with Crippen molar-refractivity contribution in [2.24, 2.45) is 23.7 Å². The fourth-order valence-corrected chi connectivity index (χ4v) is 3.27. The van der Waals surface area contributed by atoms with Crippen molar-refractivity contribution in [3.63, 3.8) is 0 Å². The summed E-state index contributed by atoms with van der Waals surface area (Å²) < 4.78 is 0. The molecule has 0 unspecified atom stereocenters. The van der Waals surface area contributed by atoms with Gasteiger partial charge in [0.2, 0.25) is 0 Å². The molecule has 0 saturated heterocycles. The minimum atomic E-state index is 0. The molecule has 0 aromatic carbocycles. The van der Waals surface area contributed by atoms with E-state index in [1.807, 2.05) is 0 Å². The van der Waals surface area contributed by atoms with Crippen molar-refractivity contribution in [1.82, 2.24) is 0 Å². The molecular weight excluding hydrogens is 742 g/mol. The molecule has 4 rings (SSSR count). The molecule has 42 heavy (non-hydrogen) atoms. The van der Waals surface area contributed by atoms with E-state index in [4.69, 9.17) is 0 Å². The van der Waals surface area contributed by atoms with E-state index in [-0.39, 0.29) is 35.7 Å². The van der Waals surface area contributed by atoms with Gasteiger partial charge in [0.15, 0.2) is 0 Å². The van der Waals surface area contributed by atoms with Gasteiger partial charge in [0.25, 0.3) is 0 Å². The third-order valence-electron chi connectivity index (χ3n) is 5.37. The van der Waals surface area contributed by atoms with Gasteiger partial charge in [-0.25, -0.2) is 46.6 Å². The van der Waals surface area contributed by atoms with Crippen molar-refractivity contribution in [1.29, 1.82) is 0 Å². The van der Waals surface area contributed by atoms with Gasteiger partial charge in [-0.3, -0.25) is 24.3 Å². The summed E-state index contributed by atoms with van der Waals surface area (Å²) in [5.41, 5.74) is 5.88. The quantitative estimate of drug-likeness (QED) is 0.281. The average molecular weight is 798 g/mol. The molecule has 0 N–H and O–H groups in total. The summed E-state index contributed by atoms with van der Waals surface area (Å²) in [6.45, 7) is 26.8. The Morgan fingerprint density at radius 1 is 0.452 bits per heavy atom. The van der Waals surface area contributed by atoms with Crippen molar-refractivity contribution in [3.8, 4) is 0 Å². The Morgan fingerprint density at radius 3 is 0.643 bits per heavy atom. The van der Waals surface area contributed by atoms with E-state index >= 15 is 0 Å². The van der Waals surface area contributed by atoms with Crippen LogP contribution in [0.5, 0.6) is 0 Å². The Balaban J connectivity index is -0.000000209. The molecule has 0 radical (unpaired) electrons. The van der Waals surface area contributed by atoms with Gasteiger partial charge in [0, 0.05) is 0 Å². The first-order chi connectivity index (χ1) is 18.7. The molecule has 0 aromatic heterocycles. The summed E-state index contributed by atoms with van der Waals surface area (Å²) in [7, 11) is 0. The molecule has 0 atom stereocenters. The van der Waals surface area contributed by atoms with Crippen LogP contribution >= 0.6 is 0 Å². The molecule has 0 saturated carbocycles. The average Bonchev–Trinajstić information content (AvgIpc) is 3.68. The fourth-order valence-electron chi connectivity index (χ4n) is 3.27. The van der Waals surface area contributed by atoms with E-state index in [0.29, 0.717) is 23.7 Å². The zero-order valence-corrected chi connectivity index (χ0v) is 36.9. The molecule has 0 aliphatic heterocycles. The summed E-state index contributed by atoms with van der Waals surface area (Å²) in [4.78, 5) is 0. The maximum absolute atomic E-state index is 3.26. The summed E-state index contributed by atoms with van der Waals surface area (Å²) in [6, 6.07) is 0. The van der Waals surface area contributed by atoms with Crippen molar-refractivity contribution in [2.45, 2.75) is 107 Å². The maximum Gasteiger partial charge on any atom is -1.00 e. The van der Waals surface area contributed by atoms with Crippen LogP contribution in [0.15, 0.2) is 70.9 Å². The van der Waals surface area contributed by atoms with Crippen LogP contribution in [0.3, 0.4) is 0 Å². The summed E-state index contributed by atoms with van der Waals surface area (Å²) in [6.07, 6.45) is 34.4. The minimum absolute atomic E-state index is 0. The second-order valence-electron chi connectivity index (χ2n) is 11.6. The maximum atomic E-state index is 3.26. The summed E-state index contributed by atoms with van der Waals surface area (Å²) in [5, 5.41) is 0. The van der Waals surface area contributed by atoms with Gasteiger partial charge in [0.05, 0.1) is 0 Å². The first kappa shape index (κ1) is 49.6. The first-order valence-electron chi connectivity index (χ1n) is 14.8. The second kappa shape index (κ2) is 31.7. The number of allylic oxidation sites excluding steroid dienone is 16. The van der Waals surface area contributed by atoms with E-state index in [0.717, 1.165) is 25.7 Å². The van der Waals surface area contributed by atoms with Gasteiger partial charge < -0.3 is 24.8 Å².